The van der Waals surface area contributed by atoms with Gasteiger partial charge in [0.2, 0.25) is 5.52 Å². The summed E-state index contributed by atoms with van der Waals surface area (Å²) in [6.07, 6.45) is 3.30. The zero-order valence-corrected chi connectivity index (χ0v) is 9.70. The first kappa shape index (κ1) is 10.9. The Hall–Kier alpha value is -2.18. The van der Waals surface area contributed by atoms with Crippen LogP contribution >= 0.6 is 0 Å². The number of benzene rings is 1. The Labute approximate surface area is 102 Å². The predicted octanol–water partition coefficient (Wildman–Crippen LogP) is 2.12. The third-order valence-electron chi connectivity index (χ3n) is 3.26. The summed E-state index contributed by atoms with van der Waals surface area (Å²) in [5, 5.41) is 18.5. The highest BCUT2D eigenvalue weighted by atomic mass is 16.6. The third kappa shape index (κ3) is 1.68. The van der Waals surface area contributed by atoms with Gasteiger partial charge in [-0.05, 0) is 41.7 Å². The van der Waals surface area contributed by atoms with E-state index in [1.165, 1.54) is 6.42 Å². The molecular weight excluding hydrogens is 236 g/mol. The minimum absolute atomic E-state index is 0.00403. The zero-order valence-electron chi connectivity index (χ0n) is 9.70. The quantitative estimate of drug-likeness (QED) is 0.597. The molecule has 3 rings (SSSR count). The molecule has 1 aromatic heterocycles. The maximum Gasteiger partial charge on any atom is 0.323 e. The van der Waals surface area contributed by atoms with Crippen LogP contribution in [0.3, 0.4) is 0 Å². The van der Waals surface area contributed by atoms with Gasteiger partial charge in [-0.3, -0.25) is 10.1 Å². The van der Waals surface area contributed by atoms with Crippen LogP contribution in [-0.2, 0) is 0 Å². The van der Waals surface area contributed by atoms with Crippen LogP contribution in [0.1, 0.15) is 19.3 Å². The van der Waals surface area contributed by atoms with E-state index in [4.69, 9.17) is 0 Å². The lowest BCUT2D eigenvalue weighted by Gasteiger charge is -2.28. The van der Waals surface area contributed by atoms with Gasteiger partial charge in [-0.15, -0.1) is 0 Å². The van der Waals surface area contributed by atoms with Crippen LogP contribution in [0.5, 0.6) is 0 Å². The minimum atomic E-state index is -0.406. The average molecular weight is 248 g/mol. The van der Waals surface area contributed by atoms with Gasteiger partial charge in [0.1, 0.15) is 11.2 Å². The average Bonchev–Trinajstić information content (AvgIpc) is 2.86. The van der Waals surface area contributed by atoms with Crippen LogP contribution in [0.25, 0.3) is 11.0 Å². The normalized spacial score (nSPS) is 16.1. The predicted molar refractivity (Wildman–Crippen MR) is 64.5 cm³/mol. The number of hydrogen-bond acceptors (Lipinski definition) is 6. The molecule has 0 N–H and O–H groups in total. The van der Waals surface area contributed by atoms with Crippen molar-refractivity contribution in [2.24, 2.45) is 0 Å². The molecule has 1 aliphatic rings. The Balaban J connectivity index is 2.14. The van der Waals surface area contributed by atoms with E-state index >= 15 is 0 Å². The maximum atomic E-state index is 11.2. The van der Waals surface area contributed by atoms with Gasteiger partial charge in [-0.2, -0.15) is 0 Å². The standard InChI is InChI=1S/C11H12N4O3/c16-15(17)11-9(14-6-2-1-3-7-14)5-4-8-10(11)13-18-12-8/h4-5H,1-3,6-7H2. The van der Waals surface area contributed by atoms with Crippen LogP contribution in [-0.4, -0.2) is 28.3 Å². The minimum Gasteiger partial charge on any atom is -0.366 e. The Morgan fingerprint density at radius 1 is 1.22 bits per heavy atom. The van der Waals surface area contributed by atoms with Crippen molar-refractivity contribution in [2.45, 2.75) is 19.3 Å². The summed E-state index contributed by atoms with van der Waals surface area (Å²) in [7, 11) is 0. The molecule has 0 bridgehead atoms. The summed E-state index contributed by atoms with van der Waals surface area (Å²) in [5.74, 6) is 0. The number of hydrogen-bond donors (Lipinski definition) is 0. The number of rotatable bonds is 2. The topological polar surface area (TPSA) is 85.3 Å². The lowest BCUT2D eigenvalue weighted by atomic mass is 10.1. The van der Waals surface area contributed by atoms with Crippen LogP contribution in [0.4, 0.5) is 11.4 Å². The molecule has 1 aromatic carbocycles. The molecule has 7 heteroatoms. The van der Waals surface area contributed by atoms with Crippen molar-refractivity contribution in [3.8, 4) is 0 Å². The van der Waals surface area contributed by atoms with Crippen LogP contribution in [0, 0.1) is 10.1 Å². The second-order valence-corrected chi connectivity index (χ2v) is 4.37. The molecule has 2 aromatic rings. The van der Waals surface area contributed by atoms with E-state index in [0.29, 0.717) is 11.2 Å². The second-order valence-electron chi connectivity index (χ2n) is 4.37. The van der Waals surface area contributed by atoms with Crippen molar-refractivity contribution >= 4 is 22.4 Å². The molecule has 1 aliphatic heterocycles. The maximum absolute atomic E-state index is 11.2. The van der Waals surface area contributed by atoms with Gasteiger partial charge in [0.25, 0.3) is 0 Å². The van der Waals surface area contributed by atoms with Crippen LogP contribution in [0.15, 0.2) is 16.8 Å². The first-order valence-corrected chi connectivity index (χ1v) is 5.92. The molecular formula is C11H12N4O3. The first-order valence-electron chi connectivity index (χ1n) is 5.92. The van der Waals surface area contributed by atoms with E-state index in [1.54, 1.807) is 12.1 Å². The summed E-state index contributed by atoms with van der Waals surface area (Å²) in [6.45, 7) is 1.69. The van der Waals surface area contributed by atoms with Crippen molar-refractivity contribution in [1.82, 2.24) is 10.3 Å². The highest BCUT2D eigenvalue weighted by molar-refractivity contribution is 5.91. The fourth-order valence-corrected chi connectivity index (χ4v) is 2.40. The Morgan fingerprint density at radius 3 is 2.72 bits per heavy atom. The van der Waals surface area contributed by atoms with Gasteiger partial charge in [0, 0.05) is 13.1 Å². The van der Waals surface area contributed by atoms with E-state index in [-0.39, 0.29) is 11.2 Å². The van der Waals surface area contributed by atoms with Gasteiger partial charge in [-0.1, -0.05) is 0 Å². The molecule has 0 atom stereocenters. The van der Waals surface area contributed by atoms with Gasteiger partial charge >= 0.3 is 5.69 Å². The molecule has 18 heavy (non-hydrogen) atoms. The third-order valence-corrected chi connectivity index (χ3v) is 3.26. The molecule has 94 valence electrons. The Morgan fingerprint density at radius 2 is 2.00 bits per heavy atom. The number of piperidine rings is 1. The summed E-state index contributed by atoms with van der Waals surface area (Å²) in [6, 6.07) is 3.44. The lowest BCUT2D eigenvalue weighted by Crippen LogP contribution is -2.29. The van der Waals surface area contributed by atoms with Crippen molar-refractivity contribution in [3.05, 3.63) is 22.2 Å². The molecule has 0 radical (unpaired) electrons. The van der Waals surface area contributed by atoms with Gasteiger partial charge in [0.05, 0.1) is 4.92 Å². The number of nitro benzene ring substituents is 1. The van der Waals surface area contributed by atoms with Gasteiger partial charge < -0.3 is 4.90 Å². The van der Waals surface area contributed by atoms with E-state index < -0.39 is 4.92 Å². The monoisotopic (exact) mass is 248 g/mol. The van der Waals surface area contributed by atoms with E-state index in [2.05, 4.69) is 14.9 Å². The molecule has 0 saturated carbocycles. The lowest BCUT2D eigenvalue weighted by molar-refractivity contribution is -0.382. The summed E-state index contributed by atoms with van der Waals surface area (Å²) < 4.78 is 4.58. The van der Waals surface area contributed by atoms with Crippen LogP contribution < -0.4 is 4.90 Å². The summed E-state index contributed by atoms with van der Waals surface area (Å²) >= 11 is 0. The molecule has 0 aliphatic carbocycles. The van der Waals surface area contributed by atoms with Crippen molar-refractivity contribution in [3.63, 3.8) is 0 Å². The number of nitrogens with zero attached hydrogens (tertiary/aromatic N) is 4. The molecule has 2 heterocycles. The molecule has 1 saturated heterocycles. The molecule has 0 amide bonds. The van der Waals surface area contributed by atoms with Crippen molar-refractivity contribution < 1.29 is 9.55 Å². The Bertz CT molecular complexity index is 589. The molecule has 0 spiro atoms. The number of fused-ring (bicyclic) bond motifs is 1. The fourth-order valence-electron chi connectivity index (χ4n) is 2.40. The largest absolute Gasteiger partial charge is 0.366 e. The molecule has 1 fully saturated rings. The van der Waals surface area contributed by atoms with E-state index in [0.717, 1.165) is 25.9 Å². The summed E-state index contributed by atoms with van der Waals surface area (Å²) in [4.78, 5) is 12.9. The van der Waals surface area contributed by atoms with Crippen molar-refractivity contribution in [1.29, 1.82) is 0 Å². The molecule has 7 nitrogen and oxygen atoms in total. The SMILES string of the molecule is O=[N+]([O-])c1c(N2CCCCC2)ccc2nonc12. The first-order chi connectivity index (χ1) is 8.77. The summed E-state index contributed by atoms with van der Waals surface area (Å²) in [5.41, 5.74) is 1.25. The fraction of sp³-hybridized carbons (Fsp3) is 0.455. The van der Waals surface area contributed by atoms with Gasteiger partial charge in [0.15, 0.2) is 0 Å². The van der Waals surface area contributed by atoms with Crippen molar-refractivity contribution in [2.75, 3.05) is 18.0 Å². The van der Waals surface area contributed by atoms with Crippen LogP contribution in [0.2, 0.25) is 0 Å². The van der Waals surface area contributed by atoms with E-state index in [1.807, 2.05) is 4.90 Å². The van der Waals surface area contributed by atoms with E-state index in [9.17, 15) is 10.1 Å². The molecule has 0 unspecified atom stereocenters. The zero-order chi connectivity index (χ0) is 12.5. The smallest absolute Gasteiger partial charge is 0.323 e. The highest BCUT2D eigenvalue weighted by Crippen LogP contribution is 2.35. The highest BCUT2D eigenvalue weighted by Gasteiger charge is 2.26. The number of anilines is 1. The second kappa shape index (κ2) is 4.25. The number of aromatic nitrogens is 2. The number of nitro groups is 1. The Kier molecular flexibility index (Phi) is 2.58. The van der Waals surface area contributed by atoms with Gasteiger partial charge in [-0.25, -0.2) is 4.63 Å².